The van der Waals surface area contributed by atoms with Crippen LogP contribution in [0.3, 0.4) is 0 Å². The third-order valence-corrected chi connectivity index (χ3v) is 7.21. The highest BCUT2D eigenvalue weighted by atomic mass is 19.4. The number of alkyl halides is 3. The van der Waals surface area contributed by atoms with Crippen LogP contribution in [0, 0.1) is 0 Å². The van der Waals surface area contributed by atoms with Crippen molar-refractivity contribution in [3.05, 3.63) is 95.3 Å². The fraction of sp³-hybridized carbons (Fsp3) is 0.387. The molecule has 2 amide bonds. The topological polar surface area (TPSA) is 74.8 Å². The van der Waals surface area contributed by atoms with Crippen LogP contribution in [0.2, 0.25) is 0 Å². The Labute approximate surface area is 238 Å². The fourth-order valence-corrected chi connectivity index (χ4v) is 5.02. The van der Waals surface area contributed by atoms with E-state index >= 15 is 0 Å². The molecule has 218 valence electrons. The molecule has 7 nitrogen and oxygen atoms in total. The molecule has 2 aromatic carbocycles. The van der Waals surface area contributed by atoms with E-state index in [2.05, 4.69) is 47.9 Å². The Morgan fingerprint density at radius 3 is 2.27 bits per heavy atom. The number of nitrogens with one attached hydrogen (secondary N) is 1. The molecule has 3 aromatic rings. The predicted molar refractivity (Wildman–Crippen MR) is 149 cm³/mol. The van der Waals surface area contributed by atoms with Crippen LogP contribution in [0.4, 0.5) is 13.2 Å². The first-order valence-electron chi connectivity index (χ1n) is 13.5. The number of ether oxygens (including phenoxy) is 1. The Balaban J connectivity index is 1.49. The molecule has 0 radical (unpaired) electrons. The van der Waals surface area contributed by atoms with Crippen molar-refractivity contribution in [3.63, 3.8) is 0 Å². The summed E-state index contributed by atoms with van der Waals surface area (Å²) in [6.45, 7) is 7.07. The average molecular weight is 569 g/mol. The maximum absolute atomic E-state index is 13.7. The summed E-state index contributed by atoms with van der Waals surface area (Å²) in [5, 5.41) is 2.85. The smallest absolute Gasteiger partial charge is 0.406 e. The summed E-state index contributed by atoms with van der Waals surface area (Å²) in [4.78, 5) is 34.0. The summed E-state index contributed by atoms with van der Waals surface area (Å²) in [7, 11) is 1.90. The number of halogens is 3. The summed E-state index contributed by atoms with van der Waals surface area (Å²) < 4.78 is 41.5. The molecule has 1 aliphatic rings. The van der Waals surface area contributed by atoms with Gasteiger partial charge < -0.3 is 15.0 Å². The van der Waals surface area contributed by atoms with Crippen molar-refractivity contribution in [1.29, 1.82) is 0 Å². The minimum Gasteiger partial charge on any atom is -0.406 e. The van der Waals surface area contributed by atoms with Gasteiger partial charge in [-0.2, -0.15) is 0 Å². The second kappa shape index (κ2) is 12.3. The van der Waals surface area contributed by atoms with Gasteiger partial charge in [0.05, 0.1) is 6.04 Å². The number of carbonyl (C=O) groups excluding carboxylic acids is 2. The molecule has 10 heteroatoms. The zero-order chi connectivity index (χ0) is 29.8. The number of hydrogen-bond acceptors (Lipinski definition) is 5. The number of likely N-dealkylation sites (N-methyl/N-ethyl adjacent to an activating group) is 1. The van der Waals surface area contributed by atoms with E-state index in [0.29, 0.717) is 31.6 Å². The van der Waals surface area contributed by atoms with Gasteiger partial charge in [0.2, 0.25) is 5.91 Å². The maximum atomic E-state index is 13.7. The number of rotatable bonds is 9. The van der Waals surface area contributed by atoms with Gasteiger partial charge in [0.15, 0.2) is 0 Å². The summed E-state index contributed by atoms with van der Waals surface area (Å²) in [5.74, 6) is -0.660. The van der Waals surface area contributed by atoms with E-state index in [0.717, 1.165) is 11.1 Å². The van der Waals surface area contributed by atoms with Gasteiger partial charge in [-0.15, -0.1) is 13.2 Å². The van der Waals surface area contributed by atoms with E-state index in [1.807, 2.05) is 24.1 Å². The van der Waals surface area contributed by atoms with E-state index in [-0.39, 0.29) is 29.1 Å². The van der Waals surface area contributed by atoms with Crippen molar-refractivity contribution in [3.8, 4) is 5.75 Å². The van der Waals surface area contributed by atoms with Crippen LogP contribution in [0.25, 0.3) is 0 Å². The largest absolute Gasteiger partial charge is 0.573 e. The van der Waals surface area contributed by atoms with Crippen LogP contribution < -0.4 is 10.1 Å². The lowest BCUT2D eigenvalue weighted by molar-refractivity contribution is -0.274. The summed E-state index contributed by atoms with van der Waals surface area (Å²) in [5.41, 5.74) is 3.20. The molecule has 0 spiro atoms. The first-order valence-corrected chi connectivity index (χ1v) is 13.5. The monoisotopic (exact) mass is 568 g/mol. The summed E-state index contributed by atoms with van der Waals surface area (Å²) in [6.07, 6.45) is -2.68. The maximum Gasteiger partial charge on any atom is 0.573 e. The standard InChI is InChI=1S/C31H35F3N4O3/c1-30(2,3)23-12-10-22(11-13-23)28-37(4)26(16-19-36-27(39)25-7-5-6-18-35-25)29(40)38(28)20-17-21-8-14-24(15-9-21)41-31(32,33)34/h5-15,18,26,28H,16-17,19-20H2,1-4H3,(H,36,39)/t26-,28?/m0/s1. The fourth-order valence-electron chi connectivity index (χ4n) is 5.02. The van der Waals surface area contributed by atoms with Crippen molar-refractivity contribution in [2.24, 2.45) is 0 Å². The SMILES string of the molecule is CN1C(c2ccc(C(C)(C)C)cc2)N(CCc2ccc(OC(F)(F)F)cc2)C(=O)[C@@H]1CCNC(=O)c1ccccn1. The Bertz CT molecular complexity index is 1320. The number of aromatic nitrogens is 1. The third kappa shape index (κ3) is 7.64. The molecule has 1 fully saturated rings. The second-order valence-electron chi connectivity index (χ2n) is 11.2. The van der Waals surface area contributed by atoms with Crippen LogP contribution in [-0.4, -0.2) is 59.1 Å². The van der Waals surface area contributed by atoms with Gasteiger partial charge in [-0.1, -0.05) is 63.2 Å². The van der Waals surface area contributed by atoms with Crippen molar-refractivity contribution in [1.82, 2.24) is 20.1 Å². The molecule has 2 atom stereocenters. The molecule has 1 aromatic heterocycles. The molecule has 1 aliphatic heterocycles. The van der Waals surface area contributed by atoms with E-state index < -0.39 is 12.4 Å². The highest BCUT2D eigenvalue weighted by molar-refractivity contribution is 5.92. The van der Waals surface area contributed by atoms with Gasteiger partial charge in [-0.25, -0.2) is 0 Å². The van der Waals surface area contributed by atoms with Crippen LogP contribution in [-0.2, 0) is 16.6 Å². The molecule has 2 heterocycles. The normalized spacial score (nSPS) is 18.0. The molecule has 1 unspecified atom stereocenters. The Hall–Kier alpha value is -3.92. The highest BCUT2D eigenvalue weighted by Crippen LogP contribution is 2.35. The molecule has 0 saturated carbocycles. The van der Waals surface area contributed by atoms with Crippen molar-refractivity contribution in [2.75, 3.05) is 20.1 Å². The van der Waals surface area contributed by atoms with Crippen molar-refractivity contribution in [2.45, 2.75) is 57.6 Å². The van der Waals surface area contributed by atoms with Crippen LogP contribution in [0.15, 0.2) is 72.9 Å². The van der Waals surface area contributed by atoms with Crippen molar-refractivity contribution < 1.29 is 27.5 Å². The number of amides is 2. The summed E-state index contributed by atoms with van der Waals surface area (Å²) in [6, 6.07) is 18.6. The molecular formula is C31H35F3N4O3. The first kappa shape index (κ1) is 30.0. The quantitative estimate of drug-likeness (QED) is 0.370. The molecule has 1 N–H and O–H groups in total. The Kier molecular flexibility index (Phi) is 9.01. The number of benzene rings is 2. The predicted octanol–water partition coefficient (Wildman–Crippen LogP) is 5.48. The van der Waals surface area contributed by atoms with Gasteiger partial charge in [-0.05, 0) is 66.3 Å². The molecule has 1 saturated heterocycles. The molecular weight excluding hydrogens is 533 g/mol. The van der Waals surface area contributed by atoms with Gasteiger partial charge in [0, 0.05) is 19.3 Å². The van der Waals surface area contributed by atoms with Gasteiger partial charge in [0.1, 0.15) is 17.6 Å². The third-order valence-electron chi connectivity index (χ3n) is 7.21. The molecule has 4 rings (SSSR count). The lowest BCUT2D eigenvalue weighted by atomic mass is 9.86. The number of pyridine rings is 1. The lowest BCUT2D eigenvalue weighted by Crippen LogP contribution is -2.36. The van der Waals surface area contributed by atoms with E-state index in [9.17, 15) is 22.8 Å². The van der Waals surface area contributed by atoms with Crippen LogP contribution in [0.1, 0.15) is 60.5 Å². The minimum atomic E-state index is -4.75. The van der Waals surface area contributed by atoms with Crippen LogP contribution in [0.5, 0.6) is 5.75 Å². The van der Waals surface area contributed by atoms with Gasteiger partial charge >= 0.3 is 6.36 Å². The molecule has 41 heavy (non-hydrogen) atoms. The van der Waals surface area contributed by atoms with Crippen molar-refractivity contribution >= 4 is 11.8 Å². The van der Waals surface area contributed by atoms with E-state index in [4.69, 9.17) is 0 Å². The first-order chi connectivity index (χ1) is 19.3. The zero-order valence-electron chi connectivity index (χ0n) is 23.6. The van der Waals surface area contributed by atoms with Gasteiger partial charge in [-0.3, -0.25) is 19.5 Å². The minimum absolute atomic E-state index is 0.0219. The van der Waals surface area contributed by atoms with Crippen LogP contribution >= 0.6 is 0 Å². The lowest BCUT2D eigenvalue weighted by Gasteiger charge is -2.30. The number of nitrogens with zero attached hydrogens (tertiary/aromatic N) is 3. The Morgan fingerprint density at radius 1 is 1.00 bits per heavy atom. The van der Waals surface area contributed by atoms with E-state index in [1.165, 1.54) is 17.7 Å². The van der Waals surface area contributed by atoms with E-state index in [1.54, 1.807) is 41.4 Å². The zero-order valence-corrected chi connectivity index (χ0v) is 23.6. The molecule has 0 aliphatic carbocycles. The molecule has 0 bridgehead atoms. The number of carbonyl (C=O) groups is 2. The van der Waals surface area contributed by atoms with Gasteiger partial charge in [0.25, 0.3) is 5.91 Å². The number of hydrogen-bond donors (Lipinski definition) is 1. The average Bonchev–Trinajstić information content (AvgIpc) is 3.16. The second-order valence-corrected chi connectivity index (χ2v) is 11.2. The highest BCUT2D eigenvalue weighted by Gasteiger charge is 2.44. The Morgan fingerprint density at radius 2 is 1.68 bits per heavy atom. The summed E-state index contributed by atoms with van der Waals surface area (Å²) >= 11 is 0.